The molecule has 0 saturated carbocycles. The Bertz CT molecular complexity index is 1430. The second kappa shape index (κ2) is 15.0. The zero-order chi connectivity index (χ0) is 48.6. The van der Waals surface area contributed by atoms with Crippen LogP contribution in [0.2, 0.25) is 0 Å². The number of carbonyl (C=O) groups excluding carboxylic acids is 2. The van der Waals surface area contributed by atoms with Crippen LogP contribution < -0.4 is 0 Å². The molecule has 0 aliphatic rings. The molecule has 0 spiro atoms. The molecule has 0 bridgehead atoms. The highest BCUT2D eigenvalue weighted by atomic mass is 28.4. The Morgan fingerprint density at radius 3 is 0.678 bits per heavy atom. The minimum Gasteiger partial charge on any atom is -0.438 e. The Labute approximate surface area is 300 Å². The highest BCUT2D eigenvalue weighted by molar-refractivity contribution is 6.57. The van der Waals surface area contributed by atoms with Gasteiger partial charge in [0, 0.05) is 14.2 Å². The number of hydrogen-bond donors (Lipinski definition) is 0. The molecule has 0 radical (unpaired) electrons. The van der Waals surface area contributed by atoms with Gasteiger partial charge >= 0.3 is 117 Å². The van der Waals surface area contributed by atoms with E-state index in [0.29, 0.717) is 0 Å². The van der Waals surface area contributed by atoms with Crippen LogP contribution in [0.5, 0.6) is 0 Å². The van der Waals surface area contributed by atoms with Gasteiger partial charge in [-0.05, 0) is 0 Å². The molecule has 0 fully saturated rings. The first kappa shape index (κ1) is 55.8. The summed E-state index contributed by atoms with van der Waals surface area (Å²) in [6, 6.07) is 0. The lowest BCUT2D eigenvalue weighted by Crippen LogP contribution is -2.75. The molecule has 0 atom stereocenters. The van der Waals surface area contributed by atoms with Crippen LogP contribution in [0.15, 0.2) is 0 Å². The molecule has 0 aromatic heterocycles. The van der Waals surface area contributed by atoms with Crippen LogP contribution in [-0.4, -0.2) is 131 Å². The van der Waals surface area contributed by atoms with E-state index in [1.165, 1.54) is 0 Å². The summed E-state index contributed by atoms with van der Waals surface area (Å²) in [6.45, 7) is 0. The Kier molecular flexibility index (Phi) is 14.2. The van der Waals surface area contributed by atoms with E-state index in [9.17, 15) is 150 Å². The van der Waals surface area contributed by atoms with Crippen LogP contribution in [0, 0.1) is 0 Å². The van der Waals surface area contributed by atoms with Gasteiger partial charge in [-0.2, -0.15) is 123 Å². The summed E-state index contributed by atoms with van der Waals surface area (Å²) >= 11 is 0. The molecule has 0 saturated heterocycles. The predicted molar refractivity (Wildman–Crippen MR) is 113 cm³/mol. The molecule has 0 rings (SSSR count). The average molecular weight is 980 g/mol. The molecule has 0 aliphatic heterocycles. The first-order chi connectivity index (χ1) is 25.3. The molecule has 59 heavy (non-hydrogen) atoms. The van der Waals surface area contributed by atoms with E-state index >= 15 is 0 Å². The maximum Gasteiger partial charge on any atom is 0.824 e. The van der Waals surface area contributed by atoms with Gasteiger partial charge in [-0.3, -0.25) is 0 Å². The van der Waals surface area contributed by atoms with Crippen molar-refractivity contribution in [2.75, 3.05) is 14.2 Å². The first-order valence-corrected chi connectivity index (χ1v) is 14.3. The van der Waals surface area contributed by atoms with Crippen molar-refractivity contribution in [2.45, 2.75) is 95.8 Å². The lowest BCUT2D eigenvalue weighted by Gasteiger charge is -2.42. The van der Waals surface area contributed by atoms with Crippen molar-refractivity contribution in [2.24, 2.45) is 0 Å². The van der Waals surface area contributed by atoms with Crippen LogP contribution in [0.4, 0.5) is 140 Å². The van der Waals surface area contributed by atoms with E-state index in [-0.39, 0.29) is 0 Å². The van der Waals surface area contributed by atoms with E-state index < -0.39 is 131 Å². The largest absolute Gasteiger partial charge is 0.824 e. The molecular formula is C20H8F32O6Si. The molecule has 352 valence electrons. The van der Waals surface area contributed by atoms with Gasteiger partial charge in [0.25, 0.3) is 0 Å². The SMILES string of the molecule is CO[Si](OC)(OC(=O)C(F)(F)C(F)(F)C(F)(F)C(F)(F)C(F)(F)C(F)(F)C(F)(F)C(F)F)OC(=O)C(F)(F)C(F)(F)C(F)(F)C(F)(F)C(F)(F)C(F)(F)C(F)(F)C(F)F. The average Bonchev–Trinajstić information content (AvgIpc) is 3.06. The van der Waals surface area contributed by atoms with Gasteiger partial charge in [-0.25, -0.2) is 27.2 Å². The van der Waals surface area contributed by atoms with Crippen molar-refractivity contribution in [3.63, 3.8) is 0 Å². The molecule has 6 nitrogen and oxygen atoms in total. The Morgan fingerprint density at radius 1 is 0.339 bits per heavy atom. The molecule has 0 aromatic carbocycles. The number of halogens is 32. The molecule has 0 unspecified atom stereocenters. The first-order valence-electron chi connectivity index (χ1n) is 12.7. The number of alkyl halides is 32. The summed E-state index contributed by atoms with van der Waals surface area (Å²) in [7, 11) is -9.02. The summed E-state index contributed by atoms with van der Waals surface area (Å²) in [5.74, 6) is -133. The number of carbonyl (C=O) groups is 2. The van der Waals surface area contributed by atoms with Gasteiger partial charge in [0.2, 0.25) is 0 Å². The van der Waals surface area contributed by atoms with Crippen LogP contribution in [0.3, 0.4) is 0 Å². The third-order valence-electron chi connectivity index (χ3n) is 6.78. The molecule has 0 heterocycles. The van der Waals surface area contributed by atoms with Gasteiger partial charge in [0.1, 0.15) is 0 Å². The van der Waals surface area contributed by atoms with E-state index in [1.807, 2.05) is 0 Å². The maximum atomic E-state index is 14.2. The van der Waals surface area contributed by atoms with Crippen LogP contribution in [-0.2, 0) is 27.3 Å². The van der Waals surface area contributed by atoms with Crippen molar-refractivity contribution >= 4 is 21.0 Å². The maximum absolute atomic E-state index is 14.2. The molecule has 0 N–H and O–H groups in total. The summed E-state index contributed by atoms with van der Waals surface area (Å²) in [5.41, 5.74) is 0. The second-order valence-corrected chi connectivity index (χ2v) is 12.7. The summed E-state index contributed by atoms with van der Waals surface area (Å²) in [5, 5.41) is 0. The summed E-state index contributed by atoms with van der Waals surface area (Å²) < 4.78 is 444. The van der Waals surface area contributed by atoms with Crippen LogP contribution in [0.25, 0.3) is 0 Å². The van der Waals surface area contributed by atoms with Crippen molar-refractivity contribution in [1.82, 2.24) is 0 Å². The minimum absolute atomic E-state index is 0.633. The monoisotopic (exact) mass is 980 g/mol. The minimum atomic E-state index is -9.24. The van der Waals surface area contributed by atoms with Crippen LogP contribution >= 0.6 is 0 Å². The molecule has 0 aliphatic carbocycles. The molecule has 0 aromatic rings. The normalized spacial score (nSPS) is 16.2. The number of rotatable bonds is 20. The van der Waals surface area contributed by atoms with Crippen molar-refractivity contribution in [3.05, 3.63) is 0 Å². The number of hydrogen-bond acceptors (Lipinski definition) is 6. The zero-order valence-corrected chi connectivity index (χ0v) is 27.2. The van der Waals surface area contributed by atoms with Crippen molar-refractivity contribution < 1.29 is 168 Å². The summed E-state index contributed by atoms with van der Waals surface area (Å²) in [6.07, 6.45) is -12.6. The molecule has 39 heteroatoms. The smallest absolute Gasteiger partial charge is 0.438 e. The lowest BCUT2D eigenvalue weighted by atomic mass is 9.89. The van der Waals surface area contributed by atoms with Gasteiger partial charge in [-0.1, -0.05) is 0 Å². The highest BCUT2D eigenvalue weighted by Crippen LogP contribution is 2.65. The van der Waals surface area contributed by atoms with Crippen molar-refractivity contribution in [1.29, 1.82) is 0 Å². The Morgan fingerprint density at radius 2 is 0.508 bits per heavy atom. The quantitative estimate of drug-likeness (QED) is 0.0896. The summed E-state index contributed by atoms with van der Waals surface area (Å²) in [4.78, 5) is 23.3. The van der Waals surface area contributed by atoms with Gasteiger partial charge in [0.15, 0.2) is 0 Å². The van der Waals surface area contributed by atoms with E-state index in [0.717, 1.165) is 0 Å². The van der Waals surface area contributed by atoms with E-state index in [2.05, 4.69) is 17.7 Å². The standard InChI is InChI=1S/C20H8F32O6Si/c1-55-59(56-2,57-5(53)9(29,30)13(37,38)17(45,46)19(49,50)15(41,42)11(33,34)7(25,26)3(21)22)58-6(54)10(31,32)14(39,40)18(47,48)20(51,52)16(43,44)12(35,36)8(27,28)4(23)24/h3-4H,1-2H3. The third kappa shape index (κ3) is 7.30. The fraction of sp³-hybridized carbons (Fsp3) is 0.900. The fourth-order valence-corrected chi connectivity index (χ4v) is 4.40. The molecule has 0 amide bonds. The third-order valence-corrected chi connectivity index (χ3v) is 8.65. The Hall–Kier alpha value is -3.16. The Balaban J connectivity index is 7.23. The van der Waals surface area contributed by atoms with Crippen LogP contribution in [0.1, 0.15) is 0 Å². The predicted octanol–water partition coefficient (Wildman–Crippen LogP) is 9.23. The second-order valence-electron chi connectivity index (χ2n) is 10.4. The zero-order valence-electron chi connectivity index (χ0n) is 26.2. The highest BCUT2D eigenvalue weighted by Gasteiger charge is 2.96. The van der Waals surface area contributed by atoms with Crippen molar-refractivity contribution in [3.8, 4) is 0 Å². The van der Waals surface area contributed by atoms with E-state index in [1.54, 1.807) is 0 Å². The lowest BCUT2D eigenvalue weighted by molar-refractivity contribution is -0.444. The fourth-order valence-electron chi connectivity index (χ4n) is 3.15. The topological polar surface area (TPSA) is 71.1 Å². The molecular weight excluding hydrogens is 972 g/mol. The van der Waals surface area contributed by atoms with Gasteiger partial charge < -0.3 is 17.7 Å². The van der Waals surface area contributed by atoms with Gasteiger partial charge in [0.05, 0.1) is 0 Å². The van der Waals surface area contributed by atoms with Gasteiger partial charge in [-0.15, -0.1) is 0 Å². The van der Waals surface area contributed by atoms with E-state index in [4.69, 9.17) is 0 Å².